The smallest absolute Gasteiger partial charge is 0.153 e. The van der Waals surface area contributed by atoms with E-state index in [4.69, 9.17) is 0 Å². The van der Waals surface area contributed by atoms with Gasteiger partial charge in [-0.3, -0.25) is 14.4 Å². The molecule has 4 nitrogen and oxygen atoms in total. The second kappa shape index (κ2) is 6.53. The number of likely N-dealkylation sites (N-methyl/N-ethyl adjacent to an activating group) is 1. The molecule has 0 aliphatic heterocycles. The van der Waals surface area contributed by atoms with Gasteiger partial charge in [0.2, 0.25) is 0 Å². The van der Waals surface area contributed by atoms with E-state index in [1.807, 2.05) is 19.4 Å². The molecule has 1 aliphatic carbocycles. The Morgan fingerprint density at radius 1 is 1.30 bits per heavy atom. The van der Waals surface area contributed by atoms with Gasteiger partial charge in [0.05, 0.1) is 11.7 Å². The highest BCUT2D eigenvalue weighted by Gasteiger charge is 2.39. The monoisotopic (exact) mass is 277 g/mol. The molecule has 0 bridgehead atoms. The Morgan fingerprint density at radius 2 is 1.95 bits per heavy atom. The van der Waals surface area contributed by atoms with E-state index in [1.165, 1.54) is 25.7 Å². The molecule has 2 rings (SSSR count). The minimum Gasteiger partial charge on any atom is -0.298 e. The van der Waals surface area contributed by atoms with Crippen LogP contribution in [0.1, 0.15) is 50.5 Å². The summed E-state index contributed by atoms with van der Waals surface area (Å²) in [6.07, 6.45) is 12.2. The molecule has 112 valence electrons. The van der Waals surface area contributed by atoms with Gasteiger partial charge in [0.25, 0.3) is 0 Å². The number of hydrogen-bond acceptors (Lipinski definition) is 3. The molecule has 1 heterocycles. The Hall–Kier alpha value is -1.16. The second-order valence-corrected chi connectivity index (χ2v) is 6.29. The van der Waals surface area contributed by atoms with E-state index in [-0.39, 0.29) is 5.54 Å². The van der Waals surface area contributed by atoms with Crippen molar-refractivity contribution in [2.45, 2.75) is 56.9 Å². The first-order valence-corrected chi connectivity index (χ1v) is 7.73. The third-order valence-corrected chi connectivity index (χ3v) is 4.70. The van der Waals surface area contributed by atoms with E-state index in [9.17, 15) is 4.79 Å². The summed E-state index contributed by atoms with van der Waals surface area (Å²) >= 11 is 0. The lowest BCUT2D eigenvalue weighted by atomic mass is 9.82. The second-order valence-electron chi connectivity index (χ2n) is 6.29. The lowest BCUT2D eigenvalue weighted by Crippen LogP contribution is -2.50. The zero-order valence-corrected chi connectivity index (χ0v) is 13.1. The van der Waals surface area contributed by atoms with Crippen molar-refractivity contribution >= 4 is 5.78 Å². The Labute approximate surface area is 122 Å². The van der Waals surface area contributed by atoms with Gasteiger partial charge in [0.1, 0.15) is 0 Å². The highest BCUT2D eigenvalue weighted by molar-refractivity contribution is 5.88. The van der Waals surface area contributed by atoms with Gasteiger partial charge in [-0.05, 0) is 38.9 Å². The Morgan fingerprint density at radius 3 is 2.45 bits per heavy atom. The normalized spacial score (nSPS) is 19.0. The molecule has 0 spiro atoms. The van der Waals surface area contributed by atoms with Crippen molar-refractivity contribution in [3.05, 3.63) is 18.0 Å². The summed E-state index contributed by atoms with van der Waals surface area (Å²) in [7, 11) is 6.04. The molecular formula is C16H27N3O. The summed E-state index contributed by atoms with van der Waals surface area (Å²) in [4.78, 5) is 15.0. The predicted octanol–water partition coefficient (Wildman–Crippen LogP) is 2.58. The number of aryl methyl sites for hydroxylation is 2. The van der Waals surface area contributed by atoms with Crippen molar-refractivity contribution in [2.75, 3.05) is 14.1 Å². The number of rotatable bonds is 5. The van der Waals surface area contributed by atoms with Crippen LogP contribution in [0.4, 0.5) is 0 Å². The first-order chi connectivity index (χ1) is 9.54. The number of ketones is 1. The SMILES string of the molecule is CN(C)C1(C(=O)CCc2cnn(C)c2)CCCCCC1. The third kappa shape index (κ3) is 3.29. The molecule has 0 atom stereocenters. The molecular weight excluding hydrogens is 250 g/mol. The standard InChI is InChI=1S/C16H27N3O/c1-18(2)16(10-6-4-5-7-11-16)15(20)9-8-14-12-17-19(3)13-14/h12-13H,4-11H2,1-3H3. The topological polar surface area (TPSA) is 38.1 Å². The van der Waals surface area contributed by atoms with Crippen molar-refractivity contribution in [1.29, 1.82) is 0 Å². The molecule has 0 radical (unpaired) electrons. The van der Waals surface area contributed by atoms with Crippen molar-refractivity contribution in [3.8, 4) is 0 Å². The van der Waals surface area contributed by atoms with E-state index in [1.54, 1.807) is 4.68 Å². The summed E-state index contributed by atoms with van der Waals surface area (Å²) in [5, 5.41) is 4.17. The Bertz CT molecular complexity index is 442. The number of hydrogen-bond donors (Lipinski definition) is 0. The first kappa shape index (κ1) is 15.2. The predicted molar refractivity (Wildman–Crippen MR) is 80.7 cm³/mol. The molecule has 0 unspecified atom stereocenters. The van der Waals surface area contributed by atoms with Crippen LogP contribution in [0.2, 0.25) is 0 Å². The van der Waals surface area contributed by atoms with Crippen LogP contribution in [0.25, 0.3) is 0 Å². The molecule has 1 aromatic heterocycles. The van der Waals surface area contributed by atoms with Crippen molar-refractivity contribution < 1.29 is 4.79 Å². The molecule has 1 aromatic rings. The Balaban J connectivity index is 2.03. The third-order valence-electron chi connectivity index (χ3n) is 4.70. The fourth-order valence-corrected chi connectivity index (χ4v) is 3.38. The number of carbonyl (C=O) groups is 1. The fourth-order valence-electron chi connectivity index (χ4n) is 3.38. The van der Waals surface area contributed by atoms with Crippen LogP contribution in [0.15, 0.2) is 12.4 Å². The van der Waals surface area contributed by atoms with Gasteiger partial charge in [-0.1, -0.05) is 25.7 Å². The summed E-state index contributed by atoms with van der Waals surface area (Å²) in [5.41, 5.74) is 0.932. The van der Waals surface area contributed by atoms with Gasteiger partial charge in [-0.15, -0.1) is 0 Å². The highest BCUT2D eigenvalue weighted by Crippen LogP contribution is 2.33. The van der Waals surface area contributed by atoms with Gasteiger partial charge in [0, 0.05) is 19.7 Å². The fraction of sp³-hybridized carbons (Fsp3) is 0.750. The van der Waals surface area contributed by atoms with E-state index >= 15 is 0 Å². The largest absolute Gasteiger partial charge is 0.298 e. The summed E-state index contributed by atoms with van der Waals surface area (Å²) < 4.78 is 1.80. The molecule has 1 aliphatic rings. The average molecular weight is 277 g/mol. The maximum atomic E-state index is 12.8. The van der Waals surface area contributed by atoms with Crippen molar-refractivity contribution in [3.63, 3.8) is 0 Å². The highest BCUT2D eigenvalue weighted by atomic mass is 16.1. The minimum absolute atomic E-state index is 0.224. The molecule has 0 amide bonds. The van der Waals surface area contributed by atoms with Gasteiger partial charge in [0.15, 0.2) is 5.78 Å². The van der Waals surface area contributed by atoms with Crippen molar-refractivity contribution in [2.24, 2.45) is 7.05 Å². The van der Waals surface area contributed by atoms with Crippen LogP contribution in [0.5, 0.6) is 0 Å². The lowest BCUT2D eigenvalue weighted by molar-refractivity contribution is -0.130. The van der Waals surface area contributed by atoms with Gasteiger partial charge >= 0.3 is 0 Å². The number of Topliss-reactive ketones (excluding diaryl/α,β-unsaturated/α-hetero) is 1. The molecule has 1 saturated carbocycles. The summed E-state index contributed by atoms with van der Waals surface area (Å²) in [5.74, 6) is 0.410. The molecule has 1 fully saturated rings. The summed E-state index contributed by atoms with van der Waals surface area (Å²) in [6, 6.07) is 0. The molecule has 0 aromatic carbocycles. The van der Waals surface area contributed by atoms with E-state index in [0.717, 1.165) is 24.8 Å². The van der Waals surface area contributed by atoms with E-state index < -0.39 is 0 Å². The van der Waals surface area contributed by atoms with Crippen LogP contribution in [-0.2, 0) is 18.3 Å². The van der Waals surface area contributed by atoms with Crippen LogP contribution >= 0.6 is 0 Å². The molecule has 0 N–H and O–H groups in total. The first-order valence-electron chi connectivity index (χ1n) is 7.73. The average Bonchev–Trinajstić information content (AvgIpc) is 2.68. The lowest BCUT2D eigenvalue weighted by Gasteiger charge is -2.38. The van der Waals surface area contributed by atoms with Crippen LogP contribution in [-0.4, -0.2) is 40.1 Å². The molecule has 0 saturated heterocycles. The number of carbonyl (C=O) groups excluding carboxylic acids is 1. The van der Waals surface area contributed by atoms with Crippen LogP contribution in [0, 0.1) is 0 Å². The van der Waals surface area contributed by atoms with Crippen LogP contribution < -0.4 is 0 Å². The van der Waals surface area contributed by atoms with E-state index in [0.29, 0.717) is 12.2 Å². The van der Waals surface area contributed by atoms with Gasteiger partial charge in [-0.2, -0.15) is 5.10 Å². The molecule has 4 heteroatoms. The maximum absolute atomic E-state index is 12.8. The quantitative estimate of drug-likeness (QED) is 0.776. The zero-order valence-electron chi connectivity index (χ0n) is 13.1. The van der Waals surface area contributed by atoms with Crippen molar-refractivity contribution in [1.82, 2.24) is 14.7 Å². The molecule has 20 heavy (non-hydrogen) atoms. The summed E-state index contributed by atoms with van der Waals surface area (Å²) in [6.45, 7) is 0. The number of nitrogens with zero attached hydrogens (tertiary/aromatic N) is 3. The van der Waals surface area contributed by atoms with Gasteiger partial charge < -0.3 is 0 Å². The van der Waals surface area contributed by atoms with Crippen LogP contribution in [0.3, 0.4) is 0 Å². The van der Waals surface area contributed by atoms with E-state index in [2.05, 4.69) is 24.1 Å². The van der Waals surface area contributed by atoms with Gasteiger partial charge in [-0.25, -0.2) is 0 Å². The maximum Gasteiger partial charge on any atom is 0.153 e. The minimum atomic E-state index is -0.224. The zero-order chi connectivity index (χ0) is 14.6. The number of aromatic nitrogens is 2. The Kier molecular flexibility index (Phi) is 4.97.